The Labute approximate surface area is 111 Å². The number of piperazine rings is 1. The van der Waals surface area contributed by atoms with Gasteiger partial charge >= 0.3 is 0 Å². The highest BCUT2D eigenvalue weighted by molar-refractivity contribution is 6.03. The molecule has 0 aliphatic carbocycles. The van der Waals surface area contributed by atoms with Crippen molar-refractivity contribution in [3.05, 3.63) is 29.8 Å². The van der Waals surface area contributed by atoms with Crippen molar-refractivity contribution in [3.63, 3.8) is 0 Å². The second-order valence-electron chi connectivity index (χ2n) is 4.93. The first-order valence-corrected chi connectivity index (χ1v) is 6.45. The minimum absolute atomic E-state index is 0.160. The van der Waals surface area contributed by atoms with Gasteiger partial charge in [-0.1, -0.05) is 12.1 Å². The quantitative estimate of drug-likeness (QED) is 0.801. The maximum Gasteiger partial charge on any atom is 0.248 e. The molecule has 2 fully saturated rings. The van der Waals surface area contributed by atoms with Gasteiger partial charge in [0.25, 0.3) is 0 Å². The van der Waals surface area contributed by atoms with Gasteiger partial charge in [0.1, 0.15) is 11.8 Å². The lowest BCUT2D eigenvalue weighted by Gasteiger charge is -2.35. The first-order chi connectivity index (χ1) is 9.20. The van der Waals surface area contributed by atoms with Crippen molar-refractivity contribution >= 4 is 11.8 Å². The molecular formula is C14H16N2O3. The van der Waals surface area contributed by atoms with Gasteiger partial charge in [-0.15, -0.1) is 0 Å². The van der Waals surface area contributed by atoms with Crippen molar-refractivity contribution in [2.24, 2.45) is 0 Å². The van der Waals surface area contributed by atoms with E-state index < -0.39 is 0 Å². The summed E-state index contributed by atoms with van der Waals surface area (Å²) < 4.78 is 5.12. The normalized spacial score (nSPS) is 27.0. The van der Waals surface area contributed by atoms with E-state index in [1.807, 2.05) is 29.2 Å². The molecule has 3 rings (SSSR count). The smallest absolute Gasteiger partial charge is 0.248 e. The zero-order chi connectivity index (χ0) is 13.4. The molecule has 2 heterocycles. The van der Waals surface area contributed by atoms with Crippen molar-refractivity contribution in [3.8, 4) is 5.75 Å². The molecule has 1 aromatic rings. The molecule has 2 aliphatic rings. The second kappa shape index (κ2) is 4.66. The third-order valence-corrected chi connectivity index (χ3v) is 3.85. The zero-order valence-electron chi connectivity index (χ0n) is 10.8. The van der Waals surface area contributed by atoms with Gasteiger partial charge in [-0.25, -0.2) is 0 Å². The maximum atomic E-state index is 12.1. The average molecular weight is 260 g/mol. The molecule has 0 aromatic heterocycles. The van der Waals surface area contributed by atoms with Crippen LogP contribution in [0.1, 0.15) is 24.4 Å². The lowest BCUT2D eigenvalue weighted by molar-refractivity contribution is -0.143. The molecule has 0 spiro atoms. The molecule has 0 radical (unpaired) electrons. The van der Waals surface area contributed by atoms with E-state index in [1.165, 1.54) is 0 Å². The van der Waals surface area contributed by atoms with E-state index in [4.69, 9.17) is 4.74 Å². The highest BCUT2D eigenvalue weighted by Gasteiger charge is 2.44. The molecule has 1 N–H and O–H groups in total. The predicted octanol–water partition coefficient (Wildman–Crippen LogP) is 0.857. The Morgan fingerprint density at radius 1 is 1.21 bits per heavy atom. The lowest BCUT2D eigenvalue weighted by Crippen LogP contribution is -2.56. The van der Waals surface area contributed by atoms with E-state index in [0.29, 0.717) is 0 Å². The van der Waals surface area contributed by atoms with Crippen LogP contribution in [0.3, 0.4) is 0 Å². The standard InChI is InChI=1S/C14H16N2O3/c1-19-10-6-4-9(5-7-10)12-14(18)15-13(17)11-3-2-8-16(11)12/h4-7,11-12H,2-3,8H2,1H3,(H,15,17,18)/t11-,12-/m0/s1. The summed E-state index contributed by atoms with van der Waals surface area (Å²) in [6.45, 7) is 0.792. The van der Waals surface area contributed by atoms with Gasteiger partial charge in [-0.3, -0.25) is 19.8 Å². The number of nitrogens with zero attached hydrogens (tertiary/aromatic N) is 1. The number of amides is 2. The third-order valence-electron chi connectivity index (χ3n) is 3.85. The molecule has 19 heavy (non-hydrogen) atoms. The fourth-order valence-electron chi connectivity index (χ4n) is 2.93. The molecule has 0 bridgehead atoms. The Kier molecular flexibility index (Phi) is 2.98. The van der Waals surface area contributed by atoms with Crippen LogP contribution in [0, 0.1) is 0 Å². The highest BCUT2D eigenvalue weighted by Crippen LogP contribution is 2.33. The third kappa shape index (κ3) is 2.00. The molecular weight excluding hydrogens is 244 g/mol. The van der Waals surface area contributed by atoms with Crippen LogP contribution in [0.15, 0.2) is 24.3 Å². The van der Waals surface area contributed by atoms with Crippen molar-refractivity contribution in [2.45, 2.75) is 24.9 Å². The van der Waals surface area contributed by atoms with Crippen LogP contribution in [0.4, 0.5) is 0 Å². The number of rotatable bonds is 2. The second-order valence-corrected chi connectivity index (χ2v) is 4.93. The van der Waals surface area contributed by atoms with Crippen LogP contribution in [-0.4, -0.2) is 36.4 Å². The van der Waals surface area contributed by atoms with Gasteiger partial charge in [0, 0.05) is 6.54 Å². The number of benzene rings is 1. The van der Waals surface area contributed by atoms with Gasteiger partial charge in [-0.05, 0) is 30.5 Å². The Hall–Kier alpha value is -1.88. The highest BCUT2D eigenvalue weighted by atomic mass is 16.5. The number of hydrogen-bond acceptors (Lipinski definition) is 4. The van der Waals surface area contributed by atoms with Crippen LogP contribution in [0.2, 0.25) is 0 Å². The van der Waals surface area contributed by atoms with Gasteiger partial charge < -0.3 is 4.74 Å². The minimum atomic E-state index is -0.365. The Morgan fingerprint density at radius 2 is 1.95 bits per heavy atom. The van der Waals surface area contributed by atoms with Crippen molar-refractivity contribution < 1.29 is 14.3 Å². The first-order valence-electron chi connectivity index (χ1n) is 6.45. The Balaban J connectivity index is 1.92. The number of hydrogen-bond donors (Lipinski definition) is 1. The van der Waals surface area contributed by atoms with E-state index in [0.717, 1.165) is 30.7 Å². The molecule has 5 nitrogen and oxygen atoms in total. The summed E-state index contributed by atoms with van der Waals surface area (Å²) in [4.78, 5) is 25.9. The van der Waals surface area contributed by atoms with Crippen molar-refractivity contribution in [1.29, 1.82) is 0 Å². The summed E-state index contributed by atoms with van der Waals surface area (Å²) in [7, 11) is 1.61. The largest absolute Gasteiger partial charge is 0.497 e. The number of fused-ring (bicyclic) bond motifs is 1. The fraction of sp³-hybridized carbons (Fsp3) is 0.429. The molecule has 5 heteroatoms. The molecule has 100 valence electrons. The van der Waals surface area contributed by atoms with Gasteiger partial charge in [0.05, 0.1) is 13.2 Å². The molecule has 0 unspecified atom stereocenters. The fourth-order valence-corrected chi connectivity index (χ4v) is 2.93. The number of carbonyl (C=O) groups is 2. The van der Waals surface area contributed by atoms with E-state index >= 15 is 0 Å². The van der Waals surface area contributed by atoms with Crippen LogP contribution < -0.4 is 10.1 Å². The predicted molar refractivity (Wildman–Crippen MR) is 68.6 cm³/mol. The Morgan fingerprint density at radius 3 is 2.63 bits per heavy atom. The summed E-state index contributed by atoms with van der Waals surface area (Å²) >= 11 is 0. The Bertz CT molecular complexity index is 512. The van der Waals surface area contributed by atoms with E-state index in [9.17, 15) is 9.59 Å². The number of methoxy groups -OCH3 is 1. The first kappa shape index (κ1) is 12.2. The van der Waals surface area contributed by atoms with Crippen LogP contribution >= 0.6 is 0 Å². The van der Waals surface area contributed by atoms with Crippen LogP contribution in [0.5, 0.6) is 5.75 Å². The molecule has 1 aromatic carbocycles. The molecule has 2 atom stereocenters. The van der Waals surface area contributed by atoms with Crippen LogP contribution in [-0.2, 0) is 9.59 Å². The van der Waals surface area contributed by atoms with Crippen molar-refractivity contribution in [2.75, 3.05) is 13.7 Å². The summed E-state index contributed by atoms with van der Waals surface area (Å²) in [5.74, 6) is 0.370. The summed E-state index contributed by atoms with van der Waals surface area (Å²) in [5, 5.41) is 2.48. The van der Waals surface area contributed by atoms with E-state index in [-0.39, 0.29) is 23.9 Å². The van der Waals surface area contributed by atoms with E-state index in [2.05, 4.69) is 5.32 Å². The summed E-state index contributed by atoms with van der Waals surface area (Å²) in [6, 6.07) is 6.91. The van der Waals surface area contributed by atoms with Gasteiger partial charge in [-0.2, -0.15) is 0 Å². The summed E-state index contributed by atoms with van der Waals surface area (Å²) in [5.41, 5.74) is 0.901. The monoisotopic (exact) mass is 260 g/mol. The lowest BCUT2D eigenvalue weighted by atomic mass is 10.00. The molecule has 0 saturated carbocycles. The molecule has 2 amide bonds. The topological polar surface area (TPSA) is 58.6 Å². The summed E-state index contributed by atoms with van der Waals surface area (Å²) in [6.07, 6.45) is 1.78. The SMILES string of the molecule is COc1ccc([C@H]2C(=O)NC(=O)[C@@H]3CCCN23)cc1. The number of nitrogens with one attached hydrogen (secondary N) is 1. The van der Waals surface area contributed by atoms with Crippen molar-refractivity contribution in [1.82, 2.24) is 10.2 Å². The minimum Gasteiger partial charge on any atom is -0.497 e. The number of carbonyl (C=O) groups excluding carboxylic acids is 2. The average Bonchev–Trinajstić information content (AvgIpc) is 2.89. The van der Waals surface area contributed by atoms with Gasteiger partial charge in [0.15, 0.2) is 0 Å². The van der Waals surface area contributed by atoms with E-state index in [1.54, 1.807) is 7.11 Å². The van der Waals surface area contributed by atoms with Gasteiger partial charge in [0.2, 0.25) is 11.8 Å². The maximum absolute atomic E-state index is 12.1. The van der Waals surface area contributed by atoms with Crippen LogP contribution in [0.25, 0.3) is 0 Å². The number of imide groups is 1. The molecule has 2 saturated heterocycles. The molecule has 2 aliphatic heterocycles. The zero-order valence-corrected chi connectivity index (χ0v) is 10.8. The number of ether oxygens (including phenoxy) is 1.